The molecular formula is C14H22BNO3. The van der Waals surface area contributed by atoms with Crippen molar-refractivity contribution in [2.75, 3.05) is 6.50 Å². The highest BCUT2D eigenvalue weighted by Gasteiger charge is 2.52. The van der Waals surface area contributed by atoms with E-state index < -0.39 is 61.6 Å². The molecule has 0 radical (unpaired) electrons. The largest absolute Gasteiger partial charge is 0.498 e. The summed E-state index contributed by atoms with van der Waals surface area (Å²) in [6, 6.07) is -3.35. The summed E-state index contributed by atoms with van der Waals surface area (Å²) in [4.78, 5) is 0. The van der Waals surface area contributed by atoms with Gasteiger partial charge >= 0.3 is 7.12 Å². The SMILES string of the molecule is [2H]c1oc(C2([2H])NC([2H])([2H])C([2H])([2H])C2([2H])[2H])c([2H])c1B1OC(C)(C)C(C)(C)O1. The fourth-order valence-electron chi connectivity index (χ4n) is 1.79. The van der Waals surface area contributed by atoms with E-state index in [1.807, 2.05) is 5.32 Å². The van der Waals surface area contributed by atoms with E-state index in [4.69, 9.17) is 26.1 Å². The van der Waals surface area contributed by atoms with Crippen LogP contribution in [0.15, 0.2) is 16.7 Å². The molecule has 2 saturated heterocycles. The Morgan fingerprint density at radius 1 is 1.42 bits per heavy atom. The van der Waals surface area contributed by atoms with Crippen LogP contribution in [-0.4, -0.2) is 24.8 Å². The van der Waals surface area contributed by atoms with Gasteiger partial charge in [0.05, 0.1) is 26.2 Å². The lowest BCUT2D eigenvalue weighted by Crippen LogP contribution is -2.41. The van der Waals surface area contributed by atoms with E-state index in [0.29, 0.717) is 0 Å². The molecule has 104 valence electrons. The summed E-state index contributed by atoms with van der Waals surface area (Å²) in [5.74, 6) is -0.711. The predicted octanol–water partition coefficient (Wildman–Crippen LogP) is 2.00. The molecule has 1 N–H and O–H groups in total. The highest BCUT2D eigenvalue weighted by atomic mass is 16.7. The Labute approximate surface area is 127 Å². The molecule has 0 amide bonds. The minimum atomic E-state index is -3.11. The molecule has 2 aliphatic heterocycles. The molecule has 19 heavy (non-hydrogen) atoms. The molecule has 1 aromatic rings. The molecule has 0 aromatic carbocycles. The maximum absolute atomic E-state index is 8.47. The van der Waals surface area contributed by atoms with Crippen molar-refractivity contribution in [1.82, 2.24) is 5.32 Å². The van der Waals surface area contributed by atoms with Gasteiger partial charge in [-0.2, -0.15) is 0 Å². The van der Waals surface area contributed by atoms with Gasteiger partial charge < -0.3 is 19.0 Å². The molecule has 0 aliphatic carbocycles. The van der Waals surface area contributed by atoms with Gasteiger partial charge in [0.2, 0.25) is 0 Å². The van der Waals surface area contributed by atoms with E-state index in [0.717, 1.165) is 0 Å². The normalized spacial score (nSPS) is 47.8. The Kier molecular flexibility index (Phi) is 1.45. The zero-order valence-electron chi connectivity index (χ0n) is 20.3. The van der Waals surface area contributed by atoms with E-state index in [1.165, 1.54) is 0 Å². The first-order valence-electron chi connectivity index (χ1n) is 10.6. The van der Waals surface area contributed by atoms with Gasteiger partial charge in [-0.1, -0.05) is 0 Å². The molecule has 3 heterocycles. The van der Waals surface area contributed by atoms with Crippen molar-refractivity contribution >= 4 is 12.6 Å². The number of furan rings is 1. The zero-order chi connectivity index (χ0) is 21.7. The average Bonchev–Trinajstić information content (AvgIpc) is 2.93. The van der Waals surface area contributed by atoms with Crippen LogP contribution < -0.4 is 10.8 Å². The van der Waals surface area contributed by atoms with Crippen LogP contribution >= 0.6 is 0 Å². The van der Waals surface area contributed by atoms with Crippen molar-refractivity contribution in [2.24, 2.45) is 0 Å². The summed E-state index contributed by atoms with van der Waals surface area (Å²) >= 11 is 0. The number of hydrogen-bond donors (Lipinski definition) is 1. The first-order chi connectivity index (χ1) is 12.3. The molecule has 2 fully saturated rings. The number of nitrogens with one attached hydrogen (secondary N) is 1. The Morgan fingerprint density at radius 3 is 2.68 bits per heavy atom. The van der Waals surface area contributed by atoms with Gasteiger partial charge in [0.1, 0.15) is 7.13 Å². The van der Waals surface area contributed by atoms with Gasteiger partial charge in [0.25, 0.3) is 0 Å². The van der Waals surface area contributed by atoms with Crippen molar-refractivity contribution in [3.8, 4) is 0 Å². The maximum Gasteiger partial charge on any atom is 0.498 e. The first-order valence-corrected chi connectivity index (χ1v) is 6.08. The first kappa shape index (κ1) is 6.33. The molecule has 5 heteroatoms. The van der Waals surface area contributed by atoms with Crippen molar-refractivity contribution in [3.63, 3.8) is 0 Å². The van der Waals surface area contributed by atoms with Crippen LogP contribution in [0.1, 0.15) is 64.6 Å². The van der Waals surface area contributed by atoms with Crippen molar-refractivity contribution in [3.05, 3.63) is 18.0 Å². The lowest BCUT2D eigenvalue weighted by atomic mass is 9.81. The Balaban J connectivity index is 2.11. The van der Waals surface area contributed by atoms with Crippen LogP contribution in [0.5, 0.6) is 0 Å². The Morgan fingerprint density at radius 2 is 2.11 bits per heavy atom. The Hall–Kier alpha value is -0.775. The third-order valence-electron chi connectivity index (χ3n) is 3.66. The standard InChI is InChI=1S/C14H22BNO3/c1-13(2)14(3,4)19-15(18-13)10-8-12(17-9-10)11-6-5-7-16-11/h8-9,11,16H,5-7H2,1-4H3/i5D2,6D2,7D2,8D,9D,11D. The monoisotopic (exact) mass is 272 g/mol. The summed E-state index contributed by atoms with van der Waals surface area (Å²) in [5, 5.41) is 1.98. The summed E-state index contributed by atoms with van der Waals surface area (Å²) in [6.45, 7) is 4.17. The molecule has 1 aromatic heterocycles. The predicted molar refractivity (Wildman–Crippen MR) is 74.4 cm³/mol. The molecule has 1 atom stereocenters. The van der Waals surface area contributed by atoms with Gasteiger partial charge in [-0.15, -0.1) is 0 Å². The number of rotatable bonds is 2. The van der Waals surface area contributed by atoms with Crippen LogP contribution in [0.25, 0.3) is 0 Å². The average molecular weight is 272 g/mol. The second-order valence-corrected chi connectivity index (χ2v) is 5.54. The smallest absolute Gasteiger partial charge is 0.468 e. The minimum absolute atomic E-state index is 0.161. The molecule has 1 unspecified atom stereocenters. The highest BCUT2D eigenvalue weighted by molar-refractivity contribution is 6.62. The Bertz CT molecular complexity index is 809. The molecule has 4 nitrogen and oxygen atoms in total. The summed E-state index contributed by atoms with van der Waals surface area (Å²) in [7, 11) is -1.17. The molecule has 3 rings (SSSR count). The summed E-state index contributed by atoms with van der Waals surface area (Å²) in [6.07, 6.45) is -6.81. The fraction of sp³-hybridized carbons (Fsp3) is 0.714. The summed E-state index contributed by atoms with van der Waals surface area (Å²) < 4.78 is 89.1. The van der Waals surface area contributed by atoms with Crippen LogP contribution in [0.3, 0.4) is 0 Å². The van der Waals surface area contributed by atoms with Gasteiger partial charge in [0.15, 0.2) is 0 Å². The second kappa shape index (κ2) is 4.37. The van der Waals surface area contributed by atoms with Crippen LogP contribution in [0, 0.1) is 0 Å². The lowest BCUT2D eigenvalue weighted by molar-refractivity contribution is 0.00578. The molecule has 0 bridgehead atoms. The van der Waals surface area contributed by atoms with E-state index in [9.17, 15) is 0 Å². The zero-order valence-corrected chi connectivity index (χ0v) is 11.3. The second-order valence-electron chi connectivity index (χ2n) is 5.54. The third-order valence-corrected chi connectivity index (χ3v) is 3.66. The van der Waals surface area contributed by atoms with E-state index >= 15 is 0 Å². The van der Waals surface area contributed by atoms with E-state index in [2.05, 4.69) is 0 Å². The van der Waals surface area contributed by atoms with Crippen LogP contribution in [0.4, 0.5) is 0 Å². The quantitative estimate of drug-likeness (QED) is 0.836. The van der Waals surface area contributed by atoms with Crippen molar-refractivity contribution in [1.29, 1.82) is 0 Å². The number of hydrogen-bond acceptors (Lipinski definition) is 4. The van der Waals surface area contributed by atoms with Gasteiger partial charge in [-0.3, -0.25) is 0 Å². The topological polar surface area (TPSA) is 43.6 Å². The fourth-order valence-corrected chi connectivity index (χ4v) is 1.79. The van der Waals surface area contributed by atoms with Crippen molar-refractivity contribution < 1.29 is 26.1 Å². The van der Waals surface area contributed by atoms with Gasteiger partial charge in [-0.05, 0) is 53.0 Å². The summed E-state index contributed by atoms with van der Waals surface area (Å²) in [5.41, 5.74) is -1.71. The molecule has 2 aliphatic rings. The van der Waals surface area contributed by atoms with Crippen LogP contribution in [0.2, 0.25) is 0 Å². The van der Waals surface area contributed by atoms with E-state index in [1.54, 1.807) is 27.7 Å². The van der Waals surface area contributed by atoms with Gasteiger partial charge in [-0.25, -0.2) is 0 Å². The highest BCUT2D eigenvalue weighted by Crippen LogP contribution is 2.36. The van der Waals surface area contributed by atoms with Crippen LogP contribution in [-0.2, 0) is 9.31 Å². The van der Waals surface area contributed by atoms with Gasteiger partial charge in [0, 0.05) is 13.7 Å². The lowest BCUT2D eigenvalue weighted by Gasteiger charge is -2.32. The maximum atomic E-state index is 8.47. The molecular weight excluding hydrogens is 241 g/mol. The molecule has 0 saturated carbocycles. The third kappa shape index (κ3) is 2.24. The van der Waals surface area contributed by atoms with Crippen molar-refractivity contribution in [2.45, 2.75) is 57.7 Å². The molecule has 0 spiro atoms. The minimum Gasteiger partial charge on any atom is -0.468 e. The van der Waals surface area contributed by atoms with E-state index in [-0.39, 0.29) is 5.46 Å².